The Labute approximate surface area is 109 Å². The van der Waals surface area contributed by atoms with Crippen LogP contribution in [0.1, 0.15) is 18.9 Å². The van der Waals surface area contributed by atoms with Crippen molar-refractivity contribution in [2.45, 2.75) is 30.1 Å². The Morgan fingerprint density at radius 2 is 2.44 bits per heavy atom. The fourth-order valence-electron chi connectivity index (χ4n) is 1.42. The molecule has 8 heteroatoms. The average molecular weight is 272 g/mol. The molecular formula is C10H16N4O3S. The maximum atomic E-state index is 11.5. The molecular weight excluding hydrogens is 256 g/mol. The second kappa shape index (κ2) is 6.17. The van der Waals surface area contributed by atoms with Crippen LogP contribution >= 0.6 is 11.8 Å². The largest absolute Gasteiger partial charge is 0.394 e. The monoisotopic (exact) mass is 272 g/mol. The van der Waals surface area contributed by atoms with E-state index in [1.165, 1.54) is 11.8 Å². The van der Waals surface area contributed by atoms with Gasteiger partial charge in [-0.2, -0.15) is 0 Å². The molecule has 0 bridgehead atoms. The lowest BCUT2D eigenvalue weighted by molar-refractivity contribution is -0.119. The molecule has 100 valence electrons. The summed E-state index contributed by atoms with van der Waals surface area (Å²) in [5.74, 6) is 0.0293. The molecule has 0 saturated heterocycles. The number of aliphatic hydroxyl groups excluding tert-OH is 2. The van der Waals surface area contributed by atoms with Crippen LogP contribution in [0.4, 0.5) is 0 Å². The van der Waals surface area contributed by atoms with E-state index in [4.69, 9.17) is 10.2 Å². The van der Waals surface area contributed by atoms with E-state index in [0.717, 1.165) is 18.0 Å². The third-order valence-corrected chi connectivity index (χ3v) is 3.52. The van der Waals surface area contributed by atoms with Gasteiger partial charge < -0.3 is 20.1 Å². The molecule has 18 heavy (non-hydrogen) atoms. The van der Waals surface area contributed by atoms with Crippen molar-refractivity contribution in [3.8, 4) is 0 Å². The first-order chi connectivity index (χ1) is 8.70. The van der Waals surface area contributed by atoms with Crippen molar-refractivity contribution in [2.75, 3.05) is 18.9 Å². The van der Waals surface area contributed by atoms with Gasteiger partial charge in [0.05, 0.1) is 18.5 Å². The fraction of sp³-hybridized carbons (Fsp3) is 0.700. The summed E-state index contributed by atoms with van der Waals surface area (Å²) in [6, 6.07) is 0.488. The number of amides is 1. The van der Waals surface area contributed by atoms with Crippen LogP contribution in [0.3, 0.4) is 0 Å². The van der Waals surface area contributed by atoms with Gasteiger partial charge in [-0.05, 0) is 12.8 Å². The van der Waals surface area contributed by atoms with E-state index in [2.05, 4.69) is 15.5 Å². The smallest absolute Gasteiger partial charge is 0.230 e. The van der Waals surface area contributed by atoms with Gasteiger partial charge in [0.25, 0.3) is 0 Å². The van der Waals surface area contributed by atoms with Crippen molar-refractivity contribution >= 4 is 17.7 Å². The minimum absolute atomic E-state index is 0.0607. The Hall–Kier alpha value is -1.12. The number of hydrogen-bond acceptors (Lipinski definition) is 6. The first-order valence-corrected chi connectivity index (χ1v) is 6.77. The summed E-state index contributed by atoms with van der Waals surface area (Å²) in [6.07, 6.45) is 3.06. The maximum Gasteiger partial charge on any atom is 0.230 e. The number of aliphatic hydroxyl groups is 2. The zero-order valence-corrected chi connectivity index (χ0v) is 10.6. The van der Waals surface area contributed by atoms with E-state index in [-0.39, 0.29) is 24.8 Å². The molecule has 1 aliphatic carbocycles. The predicted octanol–water partition coefficient (Wildman–Crippen LogP) is -0.826. The quantitative estimate of drug-likeness (QED) is 0.560. The summed E-state index contributed by atoms with van der Waals surface area (Å²) in [6.45, 7) is -0.297. The van der Waals surface area contributed by atoms with E-state index < -0.39 is 6.10 Å². The van der Waals surface area contributed by atoms with Crippen LogP contribution in [0, 0.1) is 0 Å². The fourth-order valence-corrected chi connectivity index (χ4v) is 2.23. The Kier molecular flexibility index (Phi) is 4.56. The number of nitrogens with zero attached hydrogens (tertiary/aromatic N) is 3. The number of thioether (sulfide) groups is 1. The van der Waals surface area contributed by atoms with Crippen LogP contribution in [0.15, 0.2) is 11.5 Å². The summed E-state index contributed by atoms with van der Waals surface area (Å²) in [4.78, 5) is 11.5. The third-order valence-electron chi connectivity index (χ3n) is 2.56. The normalized spacial score (nSPS) is 16.6. The summed E-state index contributed by atoms with van der Waals surface area (Å²) in [5.41, 5.74) is 0. The van der Waals surface area contributed by atoms with Gasteiger partial charge in [0.15, 0.2) is 5.16 Å². The second-order valence-corrected chi connectivity index (χ2v) is 5.12. The lowest BCUT2D eigenvalue weighted by Crippen LogP contribution is -2.34. The van der Waals surface area contributed by atoms with Gasteiger partial charge in [-0.1, -0.05) is 11.8 Å². The lowest BCUT2D eigenvalue weighted by Gasteiger charge is -2.08. The van der Waals surface area contributed by atoms with E-state index in [1.807, 2.05) is 4.57 Å². The van der Waals surface area contributed by atoms with Gasteiger partial charge in [0.1, 0.15) is 6.33 Å². The van der Waals surface area contributed by atoms with Gasteiger partial charge in [0, 0.05) is 12.6 Å². The van der Waals surface area contributed by atoms with Gasteiger partial charge in [-0.25, -0.2) is 0 Å². The van der Waals surface area contributed by atoms with Crippen LogP contribution in [0.2, 0.25) is 0 Å². The molecule has 3 N–H and O–H groups in total. The SMILES string of the molecule is O=C(CSc1nncn1C1CC1)NCC(O)CO. The van der Waals surface area contributed by atoms with Crippen molar-refractivity contribution in [2.24, 2.45) is 0 Å². The highest BCUT2D eigenvalue weighted by Gasteiger charge is 2.26. The molecule has 1 aromatic heterocycles. The Bertz CT molecular complexity index is 408. The Balaban J connectivity index is 1.73. The van der Waals surface area contributed by atoms with E-state index in [0.29, 0.717) is 6.04 Å². The molecule has 0 spiro atoms. The van der Waals surface area contributed by atoms with Crippen molar-refractivity contribution in [3.63, 3.8) is 0 Å². The molecule has 0 radical (unpaired) electrons. The Morgan fingerprint density at radius 1 is 1.67 bits per heavy atom. The molecule has 7 nitrogen and oxygen atoms in total. The maximum absolute atomic E-state index is 11.5. The van der Waals surface area contributed by atoms with Crippen LogP contribution in [0.25, 0.3) is 0 Å². The van der Waals surface area contributed by atoms with E-state index in [9.17, 15) is 4.79 Å². The molecule has 2 rings (SSSR count). The first-order valence-electron chi connectivity index (χ1n) is 5.78. The molecule has 1 heterocycles. The molecule has 1 aromatic rings. The Morgan fingerprint density at radius 3 is 3.11 bits per heavy atom. The van der Waals surface area contributed by atoms with Crippen molar-refractivity contribution in [3.05, 3.63) is 6.33 Å². The van der Waals surface area contributed by atoms with Gasteiger partial charge in [-0.3, -0.25) is 4.79 Å². The average Bonchev–Trinajstić information content (AvgIpc) is 3.12. The number of carbonyl (C=O) groups excluding carboxylic acids is 1. The summed E-state index contributed by atoms with van der Waals surface area (Å²) in [5, 5.41) is 28.8. The number of nitrogens with one attached hydrogen (secondary N) is 1. The van der Waals surface area contributed by atoms with Gasteiger partial charge >= 0.3 is 0 Å². The highest BCUT2D eigenvalue weighted by atomic mass is 32.2. The third kappa shape index (κ3) is 3.69. The molecule has 1 saturated carbocycles. The summed E-state index contributed by atoms with van der Waals surface area (Å²) >= 11 is 1.32. The van der Waals surface area contributed by atoms with Gasteiger partial charge in [0.2, 0.25) is 5.91 Å². The van der Waals surface area contributed by atoms with Crippen molar-refractivity contribution in [1.29, 1.82) is 0 Å². The van der Waals surface area contributed by atoms with Crippen molar-refractivity contribution in [1.82, 2.24) is 20.1 Å². The molecule has 1 aliphatic rings. The molecule has 0 aliphatic heterocycles. The minimum atomic E-state index is -0.908. The molecule has 1 fully saturated rings. The number of aromatic nitrogens is 3. The zero-order chi connectivity index (χ0) is 13.0. The number of carbonyl (C=O) groups is 1. The molecule has 1 amide bonds. The summed E-state index contributed by atoms with van der Waals surface area (Å²) in [7, 11) is 0. The topological polar surface area (TPSA) is 100 Å². The van der Waals surface area contributed by atoms with Crippen LogP contribution in [-0.2, 0) is 4.79 Å². The second-order valence-electron chi connectivity index (χ2n) is 4.18. The first kappa shape index (κ1) is 13.3. The molecule has 1 unspecified atom stereocenters. The predicted molar refractivity (Wildman–Crippen MR) is 65.1 cm³/mol. The minimum Gasteiger partial charge on any atom is -0.394 e. The standard InChI is InChI=1S/C10H16N4O3S/c15-4-8(16)3-11-9(17)5-18-10-13-12-6-14(10)7-1-2-7/h6-8,15-16H,1-5H2,(H,11,17). The zero-order valence-electron chi connectivity index (χ0n) is 9.82. The van der Waals surface area contributed by atoms with Crippen molar-refractivity contribution < 1.29 is 15.0 Å². The van der Waals surface area contributed by atoms with Gasteiger partial charge in [-0.15, -0.1) is 10.2 Å². The number of rotatable bonds is 7. The molecule has 0 aromatic carbocycles. The van der Waals surface area contributed by atoms with Crippen LogP contribution in [-0.4, -0.2) is 55.9 Å². The highest BCUT2D eigenvalue weighted by molar-refractivity contribution is 7.99. The van der Waals surface area contributed by atoms with Crippen LogP contribution < -0.4 is 5.32 Å². The van der Waals surface area contributed by atoms with E-state index in [1.54, 1.807) is 6.33 Å². The van der Waals surface area contributed by atoms with Crippen LogP contribution in [0.5, 0.6) is 0 Å². The number of hydrogen-bond donors (Lipinski definition) is 3. The molecule has 1 atom stereocenters. The highest BCUT2D eigenvalue weighted by Crippen LogP contribution is 2.37. The van der Waals surface area contributed by atoms with E-state index >= 15 is 0 Å². The summed E-state index contributed by atoms with van der Waals surface area (Å²) < 4.78 is 1.99. The lowest BCUT2D eigenvalue weighted by atomic mass is 10.4.